The van der Waals surface area contributed by atoms with Gasteiger partial charge in [0.25, 0.3) is 5.91 Å². The van der Waals surface area contributed by atoms with Crippen molar-refractivity contribution in [2.75, 3.05) is 25.0 Å². The number of rotatable bonds is 9. The molecule has 0 fully saturated rings. The maximum absolute atomic E-state index is 12.9. The summed E-state index contributed by atoms with van der Waals surface area (Å²) in [5.74, 6) is -0.261. The molecule has 0 heterocycles. The molecular formula is C22H28FN3O2. The minimum atomic E-state index is -0.320. The zero-order valence-corrected chi connectivity index (χ0v) is 16.5. The Morgan fingerprint density at radius 2 is 1.54 bits per heavy atom. The van der Waals surface area contributed by atoms with Crippen molar-refractivity contribution in [2.24, 2.45) is 0 Å². The van der Waals surface area contributed by atoms with E-state index in [-0.39, 0.29) is 17.8 Å². The van der Waals surface area contributed by atoms with Gasteiger partial charge in [-0.1, -0.05) is 26.0 Å². The Balaban J connectivity index is 1.83. The first kappa shape index (κ1) is 21.4. The Morgan fingerprint density at radius 3 is 2.11 bits per heavy atom. The van der Waals surface area contributed by atoms with Gasteiger partial charge in [0.15, 0.2) is 0 Å². The van der Waals surface area contributed by atoms with E-state index >= 15 is 0 Å². The molecule has 150 valence electrons. The molecule has 6 heteroatoms. The van der Waals surface area contributed by atoms with E-state index in [0.717, 1.165) is 31.5 Å². The second-order valence-corrected chi connectivity index (χ2v) is 6.63. The van der Waals surface area contributed by atoms with Crippen LogP contribution in [0.4, 0.5) is 14.9 Å². The predicted octanol–water partition coefficient (Wildman–Crippen LogP) is 4.45. The average Bonchev–Trinajstić information content (AvgIpc) is 2.69. The van der Waals surface area contributed by atoms with E-state index in [2.05, 4.69) is 24.5 Å². The summed E-state index contributed by atoms with van der Waals surface area (Å²) in [5.41, 5.74) is 2.19. The van der Waals surface area contributed by atoms with Crippen molar-refractivity contribution in [1.29, 1.82) is 0 Å². The van der Waals surface area contributed by atoms with Crippen molar-refractivity contribution in [1.82, 2.24) is 10.2 Å². The molecular weight excluding hydrogens is 357 g/mol. The molecule has 0 aliphatic rings. The van der Waals surface area contributed by atoms with Gasteiger partial charge in [-0.05, 0) is 61.2 Å². The van der Waals surface area contributed by atoms with E-state index in [4.69, 9.17) is 0 Å². The first-order valence-corrected chi connectivity index (χ1v) is 9.72. The van der Waals surface area contributed by atoms with Crippen LogP contribution in [-0.4, -0.2) is 36.5 Å². The highest BCUT2D eigenvalue weighted by molar-refractivity contribution is 5.95. The fourth-order valence-corrected chi connectivity index (χ4v) is 2.88. The van der Waals surface area contributed by atoms with Crippen LogP contribution in [-0.2, 0) is 6.42 Å². The Kier molecular flexibility index (Phi) is 8.46. The van der Waals surface area contributed by atoms with Crippen LogP contribution in [0.1, 0.15) is 42.6 Å². The smallest absolute Gasteiger partial charge is 0.319 e. The number of carbonyl (C=O) groups excluding carboxylic acids is 2. The van der Waals surface area contributed by atoms with Gasteiger partial charge in [0, 0.05) is 30.9 Å². The molecule has 28 heavy (non-hydrogen) atoms. The van der Waals surface area contributed by atoms with Crippen LogP contribution in [0, 0.1) is 5.82 Å². The lowest BCUT2D eigenvalue weighted by Gasteiger charge is -2.21. The molecule has 0 aromatic heterocycles. The Hall–Kier alpha value is -2.89. The first-order chi connectivity index (χ1) is 13.5. The van der Waals surface area contributed by atoms with Gasteiger partial charge in [-0.15, -0.1) is 0 Å². The molecule has 0 aliphatic carbocycles. The van der Waals surface area contributed by atoms with Gasteiger partial charge in [0.1, 0.15) is 5.82 Å². The van der Waals surface area contributed by atoms with Crippen LogP contribution in [0.5, 0.6) is 0 Å². The van der Waals surface area contributed by atoms with Crippen molar-refractivity contribution in [2.45, 2.75) is 33.1 Å². The summed E-state index contributed by atoms with van der Waals surface area (Å²) in [7, 11) is 0. The van der Waals surface area contributed by atoms with Gasteiger partial charge in [0.2, 0.25) is 0 Å². The Bertz CT molecular complexity index is 754. The molecule has 0 aliphatic heterocycles. The predicted molar refractivity (Wildman–Crippen MR) is 110 cm³/mol. The average molecular weight is 385 g/mol. The van der Waals surface area contributed by atoms with Crippen LogP contribution < -0.4 is 10.6 Å². The van der Waals surface area contributed by atoms with Crippen LogP contribution in [0.25, 0.3) is 0 Å². The van der Waals surface area contributed by atoms with E-state index in [0.29, 0.717) is 24.2 Å². The maximum atomic E-state index is 12.9. The van der Waals surface area contributed by atoms with E-state index in [9.17, 15) is 14.0 Å². The number of nitrogens with zero attached hydrogens (tertiary/aromatic N) is 1. The maximum Gasteiger partial charge on any atom is 0.319 e. The third-order valence-electron chi connectivity index (χ3n) is 4.28. The third kappa shape index (κ3) is 6.68. The summed E-state index contributed by atoms with van der Waals surface area (Å²) in [5, 5.41) is 5.51. The van der Waals surface area contributed by atoms with E-state index in [1.54, 1.807) is 36.4 Å². The minimum Gasteiger partial charge on any atom is -0.339 e. The fraction of sp³-hybridized carbons (Fsp3) is 0.364. The molecule has 3 amide bonds. The van der Waals surface area contributed by atoms with Crippen molar-refractivity contribution in [3.05, 3.63) is 65.5 Å². The summed E-state index contributed by atoms with van der Waals surface area (Å²) in [6.45, 7) is 6.03. The molecule has 0 radical (unpaired) electrons. The van der Waals surface area contributed by atoms with Crippen LogP contribution in [0.2, 0.25) is 0 Å². The van der Waals surface area contributed by atoms with Gasteiger partial charge in [-0.25, -0.2) is 9.18 Å². The summed E-state index contributed by atoms with van der Waals surface area (Å²) in [6, 6.07) is 12.8. The SMILES string of the molecule is CCCN(CCC)C(=O)c1ccc(NC(=O)NCCc2ccc(F)cc2)cc1. The lowest BCUT2D eigenvalue weighted by atomic mass is 10.1. The van der Waals surface area contributed by atoms with Crippen molar-refractivity contribution in [3.8, 4) is 0 Å². The third-order valence-corrected chi connectivity index (χ3v) is 4.28. The zero-order chi connectivity index (χ0) is 20.4. The van der Waals surface area contributed by atoms with E-state index < -0.39 is 0 Å². The quantitative estimate of drug-likeness (QED) is 0.670. The van der Waals surface area contributed by atoms with E-state index in [1.165, 1.54) is 12.1 Å². The number of urea groups is 1. The molecule has 5 nitrogen and oxygen atoms in total. The molecule has 0 spiro atoms. The molecule has 0 unspecified atom stereocenters. The minimum absolute atomic E-state index is 0.0130. The standard InChI is InChI=1S/C22H28FN3O2/c1-3-15-26(16-4-2)21(27)18-7-11-20(12-8-18)25-22(28)24-14-13-17-5-9-19(23)10-6-17/h5-12H,3-4,13-16H2,1-2H3,(H2,24,25,28). The fourth-order valence-electron chi connectivity index (χ4n) is 2.88. The number of hydrogen-bond acceptors (Lipinski definition) is 2. The number of halogens is 1. The van der Waals surface area contributed by atoms with Gasteiger partial charge >= 0.3 is 6.03 Å². The highest BCUT2D eigenvalue weighted by Crippen LogP contribution is 2.12. The monoisotopic (exact) mass is 385 g/mol. The molecule has 0 bridgehead atoms. The lowest BCUT2D eigenvalue weighted by molar-refractivity contribution is 0.0755. The van der Waals surface area contributed by atoms with Gasteiger partial charge in [0.05, 0.1) is 0 Å². The highest BCUT2D eigenvalue weighted by Gasteiger charge is 2.14. The number of anilines is 1. The number of amides is 3. The molecule has 0 saturated carbocycles. The summed E-state index contributed by atoms with van der Waals surface area (Å²) in [6.07, 6.45) is 2.46. The normalized spacial score (nSPS) is 10.4. The first-order valence-electron chi connectivity index (χ1n) is 9.72. The molecule has 0 atom stereocenters. The number of carbonyl (C=O) groups is 2. The highest BCUT2D eigenvalue weighted by atomic mass is 19.1. The number of nitrogens with one attached hydrogen (secondary N) is 2. The van der Waals surface area contributed by atoms with Gasteiger partial charge in [-0.2, -0.15) is 0 Å². The van der Waals surface area contributed by atoms with Crippen LogP contribution >= 0.6 is 0 Å². The molecule has 2 rings (SSSR count). The van der Waals surface area contributed by atoms with Crippen molar-refractivity contribution in [3.63, 3.8) is 0 Å². The van der Waals surface area contributed by atoms with Crippen LogP contribution in [0.15, 0.2) is 48.5 Å². The van der Waals surface area contributed by atoms with E-state index in [1.807, 2.05) is 4.90 Å². The largest absolute Gasteiger partial charge is 0.339 e. The number of hydrogen-bond donors (Lipinski definition) is 2. The molecule has 2 N–H and O–H groups in total. The zero-order valence-electron chi connectivity index (χ0n) is 16.5. The molecule has 0 saturated heterocycles. The molecule has 2 aromatic carbocycles. The van der Waals surface area contributed by atoms with Gasteiger partial charge in [-0.3, -0.25) is 4.79 Å². The second kappa shape index (κ2) is 11.1. The van der Waals surface area contributed by atoms with Crippen molar-refractivity contribution >= 4 is 17.6 Å². The lowest BCUT2D eigenvalue weighted by Crippen LogP contribution is -2.32. The van der Waals surface area contributed by atoms with Crippen molar-refractivity contribution < 1.29 is 14.0 Å². The van der Waals surface area contributed by atoms with Gasteiger partial charge < -0.3 is 15.5 Å². The summed E-state index contributed by atoms with van der Waals surface area (Å²) >= 11 is 0. The Labute approximate surface area is 165 Å². The Morgan fingerprint density at radius 1 is 0.929 bits per heavy atom. The molecule has 2 aromatic rings. The summed E-state index contributed by atoms with van der Waals surface area (Å²) in [4.78, 5) is 26.4. The topological polar surface area (TPSA) is 61.4 Å². The summed E-state index contributed by atoms with van der Waals surface area (Å²) < 4.78 is 12.9. The second-order valence-electron chi connectivity index (χ2n) is 6.63. The van der Waals surface area contributed by atoms with Crippen LogP contribution in [0.3, 0.4) is 0 Å². The number of benzene rings is 2.